The second-order valence-corrected chi connectivity index (χ2v) is 38.4. The van der Waals surface area contributed by atoms with Gasteiger partial charge >= 0.3 is 11.6 Å². The average molecular weight is 2000 g/mol. The summed E-state index contributed by atoms with van der Waals surface area (Å²) in [4.78, 5) is 94.5. The van der Waals surface area contributed by atoms with E-state index in [2.05, 4.69) is 129 Å². The number of nitrogens with one attached hydrogen (secondary N) is 5. The van der Waals surface area contributed by atoms with E-state index >= 15 is 0 Å². The zero-order chi connectivity index (χ0) is 106. The lowest BCUT2D eigenvalue weighted by Gasteiger charge is -2.22. The summed E-state index contributed by atoms with van der Waals surface area (Å²) in [6.45, 7) is 35.7. The molecule has 13 aromatic rings. The number of ether oxygens (including phenoxy) is 4. The molecule has 5 aromatic carbocycles. The number of methoxy groups -OCH3 is 4. The number of fused-ring (bicyclic) bond motifs is 3. The molecule has 38 heteroatoms. The van der Waals surface area contributed by atoms with Gasteiger partial charge in [-0.3, -0.25) is 24.4 Å². The van der Waals surface area contributed by atoms with Crippen LogP contribution in [-0.4, -0.2) is 133 Å². The highest BCUT2D eigenvalue weighted by Gasteiger charge is 2.37. The number of pyridine rings is 8. The van der Waals surface area contributed by atoms with Crippen molar-refractivity contribution in [2.24, 2.45) is 5.73 Å². The van der Waals surface area contributed by atoms with Crippen molar-refractivity contribution in [2.75, 3.05) is 55.4 Å². The lowest BCUT2D eigenvalue weighted by Crippen LogP contribution is -2.26. The molecule has 11 heterocycles. The van der Waals surface area contributed by atoms with Crippen LogP contribution in [0.3, 0.4) is 0 Å². The van der Waals surface area contributed by atoms with Gasteiger partial charge in [-0.05, 0) is 262 Å². The molecule has 9 N–H and O–H groups in total. The first-order chi connectivity index (χ1) is 67.7. The standard InChI is InChI=1S/C32H32F2N4O3.C23H22F2N4O.C22H17ClF2N2O3.C9H13N3O2.C9H15N3.C5H3FN2O2.C4H11N.C2H6/c1-32(2,3)37-22-11-10-21(35-16-22)13-20-14-26(30-24(33)7-6-8-25(30)34)36-27-18-38(31(39)29(20)27)17-19-9-12-23(40-4)15-28(19)41-5;1-23(2,3)29-15-8-7-14(26-11-15)9-13-10-18(21-16(24)5-4-6-17(21)25)28-19-12-27-22(30)20(13)19;1-29-13-7-6-12(19(8-13)30-2)10-27-11-18-20(22(27)28)14(23)9-17(26-18)21-15(24)4-3-5-16(21)25;1-9(2,3)11-7-4-5-8(10-6-7)12(13)14;1-9(2,3)12-7-4-5-8(10)11-6-7;6-4-1-2-5(7-3-4)8(9)10;1-4(2,3)5;1-2/h6-12,14-16,37H,13,17-18H2,1-5H3;4-8,10-11,29H,9,12H2,1-3H3,(H,27,30);3-9H,10-11H2,1-2H3;4-6,11H,1-3H3;4-6,12H,1-3H3,(H2,10,11);1-3H;5H2,1-3H3;1-2H3. The van der Waals surface area contributed by atoms with Gasteiger partial charge in [-0.2, -0.15) is 0 Å². The molecule has 144 heavy (non-hydrogen) atoms. The molecule has 0 fully saturated rings. The van der Waals surface area contributed by atoms with Crippen LogP contribution < -0.4 is 57.0 Å². The number of carbonyl (C=O) groups is 3. The minimum atomic E-state index is -0.748. The van der Waals surface area contributed by atoms with Gasteiger partial charge in [0.15, 0.2) is 18.2 Å². The molecule has 0 saturated heterocycles. The Labute approximate surface area is 837 Å². The Morgan fingerprint density at radius 2 is 0.750 bits per heavy atom. The fourth-order valence-corrected chi connectivity index (χ4v) is 14.7. The number of hydrogen-bond acceptors (Lipinski definition) is 25. The van der Waals surface area contributed by atoms with Crippen LogP contribution in [-0.2, 0) is 45.6 Å². The zero-order valence-electron chi connectivity index (χ0n) is 84.0. The number of hydrogen-bond donors (Lipinski definition) is 7. The Hall–Kier alpha value is -15.5. The van der Waals surface area contributed by atoms with Gasteiger partial charge in [0.2, 0.25) is 0 Å². The second kappa shape index (κ2) is 49.2. The summed E-state index contributed by atoms with van der Waals surface area (Å²) in [7, 11) is 6.22. The van der Waals surface area contributed by atoms with Crippen LogP contribution in [0.4, 0.5) is 70.9 Å². The van der Waals surface area contributed by atoms with E-state index in [-0.39, 0.29) is 141 Å². The number of rotatable bonds is 21. The molecule has 0 saturated carbocycles. The van der Waals surface area contributed by atoms with Crippen LogP contribution in [0, 0.1) is 60.9 Å². The third-order valence-corrected chi connectivity index (χ3v) is 20.5. The molecule has 0 spiro atoms. The monoisotopic (exact) mass is 2000 g/mol. The number of benzene rings is 5. The Morgan fingerprint density at radius 1 is 0.410 bits per heavy atom. The SMILES string of the molecule is CC.CC(C)(C)N.CC(C)(C)Nc1ccc(Cc2cc(-c3c(F)cccc3F)nc3c2C(=O)NC3)nc1.CC(C)(C)Nc1ccc(N)nc1.CC(C)(C)Nc1ccc([N+](=O)[O-])nc1.COc1ccc(CN2Cc3nc(-c4c(F)cccc4F)cc(Cc4ccc(NC(C)(C)C)cn4)c3C2=O)c(OC)c1.COc1ccc(CN2Cc3nc(-c4c(F)cccc4F)cc(Cl)c3C2=O)c(OC)c1.O=[N+]([O-])c1ccc(F)cn1. The van der Waals surface area contributed by atoms with E-state index in [1.807, 2.05) is 97.9 Å². The van der Waals surface area contributed by atoms with Gasteiger partial charge in [-0.1, -0.05) is 43.6 Å². The van der Waals surface area contributed by atoms with Gasteiger partial charge in [0.1, 0.15) is 63.7 Å². The number of nitrogens with zero attached hydrogens (tertiary/aromatic N) is 12. The van der Waals surface area contributed by atoms with Crippen LogP contribution in [0.1, 0.15) is 200 Å². The van der Waals surface area contributed by atoms with E-state index in [1.165, 1.54) is 67.9 Å². The largest absolute Gasteiger partial charge is 0.497 e. The van der Waals surface area contributed by atoms with Gasteiger partial charge in [0, 0.05) is 87.3 Å². The van der Waals surface area contributed by atoms with Crippen LogP contribution in [0.15, 0.2) is 201 Å². The quantitative estimate of drug-likeness (QED) is 0.0200. The normalized spacial score (nSPS) is 12.2. The highest BCUT2D eigenvalue weighted by Crippen LogP contribution is 2.40. The van der Waals surface area contributed by atoms with Crippen molar-refractivity contribution in [3.63, 3.8) is 0 Å². The van der Waals surface area contributed by atoms with Crippen molar-refractivity contribution in [1.29, 1.82) is 0 Å². The first-order valence-corrected chi connectivity index (χ1v) is 45.9. The molecule has 0 aliphatic carbocycles. The molecule has 0 atom stereocenters. The van der Waals surface area contributed by atoms with Gasteiger partial charge < -0.3 is 87.0 Å². The summed E-state index contributed by atoms with van der Waals surface area (Å²) >= 11 is 6.32. The molecule has 8 aromatic heterocycles. The summed E-state index contributed by atoms with van der Waals surface area (Å²) in [5.41, 5.74) is 20.5. The fourth-order valence-electron chi connectivity index (χ4n) is 14.4. The van der Waals surface area contributed by atoms with Gasteiger partial charge in [-0.15, -0.1) is 0 Å². The van der Waals surface area contributed by atoms with Crippen molar-refractivity contribution >= 4 is 69.5 Å². The van der Waals surface area contributed by atoms with E-state index in [0.717, 1.165) is 70.0 Å². The summed E-state index contributed by atoms with van der Waals surface area (Å²) in [5, 5.41) is 36.3. The highest BCUT2D eigenvalue weighted by atomic mass is 35.5. The van der Waals surface area contributed by atoms with Crippen LogP contribution in [0.5, 0.6) is 23.0 Å². The summed E-state index contributed by atoms with van der Waals surface area (Å²) in [6.07, 6.45) is 8.11. The first-order valence-electron chi connectivity index (χ1n) is 45.5. The Morgan fingerprint density at radius 3 is 1.08 bits per heavy atom. The summed E-state index contributed by atoms with van der Waals surface area (Å²) in [5.74, 6) is -3.15. The van der Waals surface area contributed by atoms with Crippen LogP contribution in [0.2, 0.25) is 5.02 Å². The molecular weight excluding hydrogens is 1880 g/mol. The van der Waals surface area contributed by atoms with Crippen molar-refractivity contribution in [2.45, 2.75) is 191 Å². The number of aromatic nitrogens is 8. The zero-order valence-corrected chi connectivity index (χ0v) is 84.8. The minimum absolute atomic E-state index is 0. The maximum Gasteiger partial charge on any atom is 0.363 e. The maximum atomic E-state index is 14.8. The van der Waals surface area contributed by atoms with E-state index in [1.54, 1.807) is 98.3 Å². The maximum absolute atomic E-state index is 14.8. The summed E-state index contributed by atoms with van der Waals surface area (Å²) in [6, 6.07) is 42.5. The van der Waals surface area contributed by atoms with E-state index < -0.39 is 50.6 Å². The third-order valence-electron chi connectivity index (χ3n) is 20.2. The predicted octanol–water partition coefficient (Wildman–Crippen LogP) is 22.7. The number of carbonyl (C=O) groups excluding carboxylic acids is 3. The second-order valence-electron chi connectivity index (χ2n) is 38.0. The molecule has 0 radical (unpaired) electrons. The molecule has 3 amide bonds. The van der Waals surface area contributed by atoms with Crippen molar-refractivity contribution in [3.8, 4) is 56.8 Å². The lowest BCUT2D eigenvalue weighted by atomic mass is 9.98. The van der Waals surface area contributed by atoms with Crippen LogP contribution >= 0.6 is 11.6 Å². The third kappa shape index (κ3) is 32.5. The number of nitrogens with two attached hydrogens (primary N) is 2. The smallest absolute Gasteiger partial charge is 0.363 e. The van der Waals surface area contributed by atoms with Crippen LogP contribution in [0.25, 0.3) is 33.8 Å². The molecule has 30 nitrogen and oxygen atoms in total. The summed E-state index contributed by atoms with van der Waals surface area (Å²) < 4.78 is 120. The van der Waals surface area contributed by atoms with Crippen molar-refractivity contribution in [3.05, 3.63) is 334 Å². The molecule has 3 aliphatic rings. The highest BCUT2D eigenvalue weighted by molar-refractivity contribution is 6.34. The van der Waals surface area contributed by atoms with Gasteiger partial charge in [0.05, 0.1) is 175 Å². The predicted molar refractivity (Wildman–Crippen MR) is 544 cm³/mol. The van der Waals surface area contributed by atoms with E-state index in [9.17, 15) is 65.3 Å². The number of amides is 3. The van der Waals surface area contributed by atoms with E-state index in [0.29, 0.717) is 80.3 Å². The number of nitrogen functional groups attached to an aromatic ring is 1. The van der Waals surface area contributed by atoms with Gasteiger partial charge in [0.25, 0.3) is 17.7 Å². The minimum Gasteiger partial charge on any atom is -0.497 e. The molecule has 0 unspecified atom stereocenters. The number of anilines is 5. The molecule has 760 valence electrons. The fraction of sp³-hybridized carbons (Fsp3) is 0.311. The van der Waals surface area contributed by atoms with Gasteiger partial charge in [-0.25, -0.2) is 50.7 Å². The Kier molecular flexibility index (Phi) is 38.3. The first kappa shape index (κ1) is 112. The topological polar surface area (TPSA) is 396 Å². The van der Waals surface area contributed by atoms with E-state index in [4.69, 9.17) is 42.0 Å². The van der Waals surface area contributed by atoms with Crippen molar-refractivity contribution in [1.82, 2.24) is 55.0 Å². The molecular formula is C106H119ClF7N19O11. The average Bonchev–Trinajstić information content (AvgIpc) is 1.62. The lowest BCUT2D eigenvalue weighted by molar-refractivity contribution is -0.389. The number of nitro groups is 2. The Balaban J connectivity index is 0.000000201. The molecule has 0 bridgehead atoms. The Bertz CT molecular complexity index is 6600. The molecule has 16 rings (SSSR count). The molecule has 3 aliphatic heterocycles. The van der Waals surface area contributed by atoms with Crippen molar-refractivity contribution < 1.29 is 73.9 Å². The number of halogens is 8.